The largest absolute Gasteiger partial charge is 0.416 e. The molecule has 2 amide bonds. The summed E-state index contributed by atoms with van der Waals surface area (Å²) in [6.45, 7) is 1.48. The van der Waals surface area contributed by atoms with E-state index in [1.165, 1.54) is 13.0 Å². The first-order valence-electron chi connectivity index (χ1n) is 9.42. The predicted molar refractivity (Wildman–Crippen MR) is 108 cm³/mol. The average molecular weight is 428 g/mol. The maximum Gasteiger partial charge on any atom is 0.416 e. The van der Waals surface area contributed by atoms with Crippen LogP contribution in [0.4, 0.5) is 13.2 Å². The molecular weight excluding hydrogens is 409 g/mol. The number of carbonyl (C=O) groups is 2. The molecule has 1 heterocycles. The van der Waals surface area contributed by atoms with E-state index >= 15 is 0 Å². The van der Waals surface area contributed by atoms with Gasteiger partial charge in [0, 0.05) is 29.1 Å². The molecule has 0 radical (unpaired) electrons. The minimum atomic E-state index is -4.60. The van der Waals surface area contributed by atoms with Crippen LogP contribution in [0.25, 0.3) is 10.9 Å². The molecule has 1 aromatic heterocycles. The van der Waals surface area contributed by atoms with Crippen molar-refractivity contribution in [2.24, 2.45) is 0 Å². The Hall–Kier alpha value is -3.80. The number of para-hydroxylation sites is 1. The topological polar surface area (TPSA) is 97.8 Å². The van der Waals surface area contributed by atoms with Gasteiger partial charge < -0.3 is 15.6 Å². The van der Waals surface area contributed by atoms with E-state index in [9.17, 15) is 22.8 Å². The monoisotopic (exact) mass is 428 g/mol. The van der Waals surface area contributed by atoms with E-state index in [-0.39, 0.29) is 12.0 Å². The molecule has 6 nitrogen and oxygen atoms in total. The Labute approximate surface area is 176 Å². The van der Waals surface area contributed by atoms with Crippen molar-refractivity contribution in [2.75, 3.05) is 0 Å². The number of rotatable bonds is 6. The van der Waals surface area contributed by atoms with Crippen LogP contribution in [-0.4, -0.2) is 28.9 Å². The van der Waals surface area contributed by atoms with Crippen molar-refractivity contribution in [3.63, 3.8) is 0 Å². The van der Waals surface area contributed by atoms with E-state index in [2.05, 4.69) is 15.6 Å². The Kier molecular flexibility index (Phi) is 6.30. The molecule has 160 valence electrons. The Morgan fingerprint density at radius 3 is 2.58 bits per heavy atom. The first kappa shape index (κ1) is 21.9. The molecule has 0 saturated carbocycles. The SMILES string of the molecule is CC(C#N)NC(=O)C(Cc1c[nH]c2ccccc12)NC(=O)c1cccc(C(F)(F)F)c1. The van der Waals surface area contributed by atoms with E-state index < -0.39 is 35.6 Å². The average Bonchev–Trinajstić information content (AvgIpc) is 3.15. The second-order valence-corrected chi connectivity index (χ2v) is 7.03. The number of nitriles is 1. The maximum absolute atomic E-state index is 13.0. The Balaban J connectivity index is 1.87. The lowest BCUT2D eigenvalue weighted by molar-refractivity contribution is -0.137. The van der Waals surface area contributed by atoms with Crippen molar-refractivity contribution in [1.82, 2.24) is 15.6 Å². The van der Waals surface area contributed by atoms with Crippen molar-refractivity contribution < 1.29 is 22.8 Å². The number of carbonyl (C=O) groups excluding carboxylic acids is 2. The van der Waals surface area contributed by atoms with Crippen LogP contribution in [0, 0.1) is 11.3 Å². The van der Waals surface area contributed by atoms with Gasteiger partial charge in [-0.25, -0.2) is 0 Å². The number of aromatic nitrogens is 1. The molecule has 0 aliphatic rings. The lowest BCUT2D eigenvalue weighted by atomic mass is 10.0. The minimum Gasteiger partial charge on any atom is -0.361 e. The van der Waals surface area contributed by atoms with Gasteiger partial charge >= 0.3 is 6.18 Å². The number of hydrogen-bond acceptors (Lipinski definition) is 3. The minimum absolute atomic E-state index is 0.0820. The Morgan fingerprint density at radius 2 is 1.87 bits per heavy atom. The number of benzene rings is 2. The Bertz CT molecular complexity index is 1150. The summed E-state index contributed by atoms with van der Waals surface area (Å²) in [4.78, 5) is 28.4. The van der Waals surface area contributed by atoms with E-state index in [0.29, 0.717) is 0 Å². The summed E-state index contributed by atoms with van der Waals surface area (Å²) in [5, 5.41) is 14.8. The predicted octanol–water partition coefficient (Wildman–Crippen LogP) is 3.56. The summed E-state index contributed by atoms with van der Waals surface area (Å²) in [6, 6.07) is 11.3. The molecule has 3 rings (SSSR count). The summed E-state index contributed by atoms with van der Waals surface area (Å²) in [5.74, 6) is -1.43. The molecular formula is C22H19F3N4O2. The molecule has 0 aliphatic carbocycles. The van der Waals surface area contributed by atoms with Crippen LogP contribution in [0.1, 0.15) is 28.4 Å². The molecule has 0 fully saturated rings. The molecule has 2 atom stereocenters. The fourth-order valence-electron chi connectivity index (χ4n) is 3.15. The standard InChI is InChI=1S/C22H19F3N4O2/c1-13(11-26)28-21(31)19(10-15-12-27-18-8-3-2-7-17(15)18)29-20(30)14-5-4-6-16(9-14)22(23,24)25/h2-9,12-13,19,27H,10H2,1H3,(H,28,31)(H,29,30). The number of nitrogens with one attached hydrogen (secondary N) is 3. The van der Waals surface area contributed by atoms with Gasteiger partial charge in [0.05, 0.1) is 11.6 Å². The van der Waals surface area contributed by atoms with E-state index in [0.717, 1.165) is 34.7 Å². The normalized spacial score (nSPS) is 13.3. The van der Waals surface area contributed by atoms with Gasteiger partial charge in [-0.05, 0) is 36.8 Å². The first-order valence-corrected chi connectivity index (χ1v) is 9.42. The number of fused-ring (bicyclic) bond motifs is 1. The number of hydrogen-bond donors (Lipinski definition) is 3. The van der Waals surface area contributed by atoms with E-state index in [4.69, 9.17) is 5.26 Å². The molecule has 3 N–H and O–H groups in total. The zero-order chi connectivity index (χ0) is 22.6. The molecule has 0 saturated heterocycles. The lowest BCUT2D eigenvalue weighted by Gasteiger charge is -2.19. The molecule has 2 aromatic carbocycles. The lowest BCUT2D eigenvalue weighted by Crippen LogP contribution is -2.50. The second-order valence-electron chi connectivity index (χ2n) is 7.03. The third kappa shape index (κ3) is 5.22. The summed E-state index contributed by atoms with van der Waals surface area (Å²) in [5.41, 5.74) is 0.395. The van der Waals surface area contributed by atoms with Crippen LogP contribution < -0.4 is 10.6 Å². The number of alkyl halides is 3. The molecule has 3 aromatic rings. The zero-order valence-corrected chi connectivity index (χ0v) is 16.5. The fraction of sp³-hybridized carbons (Fsp3) is 0.227. The van der Waals surface area contributed by atoms with Crippen LogP contribution in [0.3, 0.4) is 0 Å². The third-order valence-corrected chi connectivity index (χ3v) is 4.73. The number of aromatic amines is 1. The summed E-state index contributed by atoms with van der Waals surface area (Å²) in [7, 11) is 0. The Morgan fingerprint density at radius 1 is 1.13 bits per heavy atom. The van der Waals surface area contributed by atoms with Gasteiger partial charge in [-0.1, -0.05) is 24.3 Å². The highest BCUT2D eigenvalue weighted by atomic mass is 19.4. The van der Waals surface area contributed by atoms with Crippen LogP contribution in [0.5, 0.6) is 0 Å². The number of halogens is 3. The molecule has 0 bridgehead atoms. The number of H-pyrrole nitrogens is 1. The third-order valence-electron chi connectivity index (χ3n) is 4.73. The highest BCUT2D eigenvalue weighted by molar-refractivity contribution is 5.98. The summed E-state index contributed by atoms with van der Waals surface area (Å²) >= 11 is 0. The highest BCUT2D eigenvalue weighted by Gasteiger charge is 2.31. The second kappa shape index (κ2) is 8.92. The van der Waals surface area contributed by atoms with Crippen LogP contribution in [-0.2, 0) is 17.4 Å². The van der Waals surface area contributed by atoms with Crippen molar-refractivity contribution in [3.8, 4) is 6.07 Å². The van der Waals surface area contributed by atoms with Gasteiger partial charge in [-0.2, -0.15) is 18.4 Å². The van der Waals surface area contributed by atoms with Crippen molar-refractivity contribution in [2.45, 2.75) is 31.6 Å². The molecule has 0 spiro atoms. The molecule has 2 unspecified atom stereocenters. The number of nitrogens with zero attached hydrogens (tertiary/aromatic N) is 1. The van der Waals surface area contributed by atoms with Gasteiger partial charge in [0.1, 0.15) is 12.1 Å². The van der Waals surface area contributed by atoms with E-state index in [1.54, 1.807) is 6.20 Å². The number of amides is 2. The zero-order valence-electron chi connectivity index (χ0n) is 16.5. The smallest absolute Gasteiger partial charge is 0.361 e. The molecule has 0 aliphatic heterocycles. The van der Waals surface area contributed by atoms with Gasteiger partial charge in [0.2, 0.25) is 5.91 Å². The maximum atomic E-state index is 13.0. The van der Waals surface area contributed by atoms with Crippen LogP contribution in [0.15, 0.2) is 54.7 Å². The first-order chi connectivity index (χ1) is 14.7. The highest BCUT2D eigenvalue weighted by Crippen LogP contribution is 2.29. The van der Waals surface area contributed by atoms with Crippen LogP contribution >= 0.6 is 0 Å². The quantitative estimate of drug-likeness (QED) is 0.560. The van der Waals surface area contributed by atoms with Gasteiger partial charge in [0.25, 0.3) is 5.91 Å². The van der Waals surface area contributed by atoms with Gasteiger partial charge in [-0.15, -0.1) is 0 Å². The fourth-order valence-corrected chi connectivity index (χ4v) is 3.15. The van der Waals surface area contributed by atoms with Crippen LogP contribution in [0.2, 0.25) is 0 Å². The van der Waals surface area contributed by atoms with Crippen molar-refractivity contribution in [3.05, 3.63) is 71.4 Å². The van der Waals surface area contributed by atoms with E-state index in [1.807, 2.05) is 30.3 Å². The molecule has 9 heteroatoms. The summed E-state index contributed by atoms with van der Waals surface area (Å²) < 4.78 is 38.9. The molecule has 31 heavy (non-hydrogen) atoms. The van der Waals surface area contributed by atoms with Gasteiger partial charge in [0.15, 0.2) is 0 Å². The summed E-state index contributed by atoms with van der Waals surface area (Å²) in [6.07, 6.45) is -2.81. The van der Waals surface area contributed by atoms with Gasteiger partial charge in [-0.3, -0.25) is 9.59 Å². The van der Waals surface area contributed by atoms with Crippen molar-refractivity contribution in [1.29, 1.82) is 5.26 Å². The van der Waals surface area contributed by atoms with Crippen molar-refractivity contribution >= 4 is 22.7 Å².